The Morgan fingerprint density at radius 1 is 1.23 bits per heavy atom. The minimum atomic E-state index is -0.0838. The van der Waals surface area contributed by atoms with Crippen molar-refractivity contribution >= 4 is 17.2 Å². The third-order valence-corrected chi connectivity index (χ3v) is 7.22. The highest BCUT2D eigenvalue weighted by atomic mass is 32.1. The fourth-order valence-corrected chi connectivity index (χ4v) is 5.34. The molecule has 4 heterocycles. The van der Waals surface area contributed by atoms with Crippen molar-refractivity contribution in [2.45, 2.75) is 45.1 Å². The molecule has 1 aliphatic rings. The number of ether oxygens (including phenoxy) is 1. The topological polar surface area (TPSA) is 94.2 Å². The van der Waals surface area contributed by atoms with Crippen LogP contribution in [0.4, 0.5) is 0 Å². The van der Waals surface area contributed by atoms with E-state index in [0.29, 0.717) is 29.6 Å². The molecule has 1 fully saturated rings. The largest absolute Gasteiger partial charge is 0.481 e. The van der Waals surface area contributed by atoms with Crippen molar-refractivity contribution in [3.63, 3.8) is 0 Å². The number of rotatable bonds is 7. The van der Waals surface area contributed by atoms with Gasteiger partial charge in [-0.15, -0.1) is 21.5 Å². The van der Waals surface area contributed by atoms with Crippen molar-refractivity contribution in [1.29, 1.82) is 0 Å². The number of pyridine rings is 1. The number of nitrogens with zero attached hydrogens (tertiary/aromatic N) is 5. The lowest BCUT2D eigenvalue weighted by Gasteiger charge is -2.23. The summed E-state index contributed by atoms with van der Waals surface area (Å²) in [5, 5.41) is 11.5. The van der Waals surface area contributed by atoms with E-state index in [9.17, 15) is 4.79 Å². The van der Waals surface area contributed by atoms with E-state index < -0.39 is 0 Å². The number of carbonyl (C=O) groups excluding carboxylic acids is 1. The lowest BCUT2D eigenvalue weighted by atomic mass is 10.0. The average Bonchev–Trinajstić information content (AvgIpc) is 3.64. The third kappa shape index (κ3) is 4.95. The summed E-state index contributed by atoms with van der Waals surface area (Å²) in [5.41, 5.74) is 3.07. The number of hydrogen-bond acceptors (Lipinski definition) is 8. The number of thiazole rings is 1. The summed E-state index contributed by atoms with van der Waals surface area (Å²) in [6.45, 7) is 4.70. The molecule has 0 saturated carbocycles. The minimum Gasteiger partial charge on any atom is -0.481 e. The smallest absolute Gasteiger partial charge is 0.266 e. The number of methoxy groups -OCH3 is 1. The molecule has 1 aromatic carbocycles. The number of carbonyl (C=O) groups is 1. The molecule has 0 bridgehead atoms. The SMILES string of the molecule is COc1cc(C(=O)N2CCCC2c2nc(C)cs2)cc(-c2nnc(C(C)Cc3ccccc3)o2)n1. The fourth-order valence-electron chi connectivity index (χ4n) is 4.39. The molecule has 0 N–H and O–H groups in total. The Kier molecular flexibility index (Phi) is 6.59. The molecule has 180 valence electrons. The van der Waals surface area contributed by atoms with Gasteiger partial charge in [-0.25, -0.2) is 9.97 Å². The number of likely N-dealkylation sites (tertiary alicyclic amines) is 1. The van der Waals surface area contributed by atoms with Crippen LogP contribution in [0.3, 0.4) is 0 Å². The van der Waals surface area contributed by atoms with Crippen molar-refractivity contribution in [2.24, 2.45) is 0 Å². The van der Waals surface area contributed by atoms with Crippen molar-refractivity contribution in [1.82, 2.24) is 25.1 Å². The average molecular weight is 490 g/mol. The zero-order valence-corrected chi connectivity index (χ0v) is 20.8. The highest BCUT2D eigenvalue weighted by Crippen LogP contribution is 2.35. The van der Waals surface area contributed by atoms with E-state index in [1.165, 1.54) is 12.7 Å². The maximum atomic E-state index is 13.6. The summed E-state index contributed by atoms with van der Waals surface area (Å²) < 4.78 is 11.4. The maximum Gasteiger partial charge on any atom is 0.266 e. The number of amides is 1. The molecule has 0 radical (unpaired) electrons. The molecule has 8 nitrogen and oxygen atoms in total. The quantitative estimate of drug-likeness (QED) is 0.351. The van der Waals surface area contributed by atoms with Gasteiger partial charge in [-0.05, 0) is 37.8 Å². The molecule has 1 aliphatic heterocycles. The Morgan fingerprint density at radius 2 is 2.06 bits per heavy atom. The first-order valence-corrected chi connectivity index (χ1v) is 12.6. The second-order valence-electron chi connectivity index (χ2n) is 8.80. The van der Waals surface area contributed by atoms with E-state index in [4.69, 9.17) is 9.15 Å². The van der Waals surface area contributed by atoms with Crippen molar-refractivity contribution < 1.29 is 13.9 Å². The first kappa shape index (κ1) is 23.2. The van der Waals surface area contributed by atoms with Gasteiger partial charge in [-0.1, -0.05) is 37.3 Å². The van der Waals surface area contributed by atoms with Crippen LogP contribution < -0.4 is 4.74 Å². The Labute approximate surface area is 208 Å². The third-order valence-electron chi connectivity index (χ3n) is 6.16. The Balaban J connectivity index is 1.40. The van der Waals surface area contributed by atoms with Crippen LogP contribution in [0, 0.1) is 6.92 Å². The lowest BCUT2D eigenvalue weighted by molar-refractivity contribution is 0.0735. The Morgan fingerprint density at radius 3 is 2.80 bits per heavy atom. The highest BCUT2D eigenvalue weighted by molar-refractivity contribution is 7.09. The Hall–Kier alpha value is -3.59. The maximum absolute atomic E-state index is 13.6. The summed E-state index contributed by atoms with van der Waals surface area (Å²) >= 11 is 1.60. The molecule has 4 aromatic rings. The molecule has 0 aliphatic carbocycles. The van der Waals surface area contributed by atoms with Crippen molar-refractivity contribution in [2.75, 3.05) is 13.7 Å². The predicted octanol–water partition coefficient (Wildman–Crippen LogP) is 5.23. The minimum absolute atomic E-state index is 0.0161. The number of benzene rings is 1. The summed E-state index contributed by atoms with van der Waals surface area (Å²) in [5.74, 6) is 1.07. The van der Waals surface area contributed by atoms with Gasteiger partial charge in [0.25, 0.3) is 11.8 Å². The molecular formula is C26H27N5O3S. The molecule has 1 amide bonds. The molecule has 1 saturated heterocycles. The lowest BCUT2D eigenvalue weighted by Crippen LogP contribution is -2.30. The Bertz CT molecular complexity index is 1320. The van der Waals surface area contributed by atoms with Crippen molar-refractivity contribution in [3.05, 3.63) is 75.6 Å². The van der Waals surface area contributed by atoms with Gasteiger partial charge in [-0.2, -0.15) is 0 Å². The van der Waals surface area contributed by atoms with E-state index in [2.05, 4.69) is 32.3 Å². The molecule has 2 atom stereocenters. The van der Waals surface area contributed by atoms with Gasteiger partial charge in [0.2, 0.25) is 11.8 Å². The van der Waals surface area contributed by atoms with Gasteiger partial charge in [0.15, 0.2) is 0 Å². The van der Waals surface area contributed by atoms with E-state index >= 15 is 0 Å². The van der Waals surface area contributed by atoms with Crippen LogP contribution in [0.15, 0.2) is 52.3 Å². The van der Waals surface area contributed by atoms with Crippen molar-refractivity contribution in [3.8, 4) is 17.5 Å². The summed E-state index contributed by atoms with van der Waals surface area (Å²) in [4.78, 5) is 24.5. The van der Waals surface area contributed by atoms with Crippen LogP contribution >= 0.6 is 11.3 Å². The first-order chi connectivity index (χ1) is 17.0. The van der Waals surface area contributed by atoms with E-state index in [0.717, 1.165) is 30.0 Å². The van der Waals surface area contributed by atoms with Gasteiger partial charge >= 0.3 is 0 Å². The first-order valence-electron chi connectivity index (χ1n) is 11.7. The highest BCUT2D eigenvalue weighted by Gasteiger charge is 2.33. The number of aromatic nitrogens is 4. The van der Waals surface area contributed by atoms with E-state index in [1.54, 1.807) is 23.5 Å². The molecule has 9 heteroatoms. The summed E-state index contributed by atoms with van der Waals surface area (Å²) in [7, 11) is 1.53. The molecule has 35 heavy (non-hydrogen) atoms. The standard InChI is InChI=1S/C26H27N5O3S/c1-16(12-18-8-5-4-6-9-18)23-29-30-24(34-23)20-13-19(14-22(28-20)33-3)26(32)31-11-7-10-21(31)25-27-17(2)15-35-25/h4-6,8-9,13-16,21H,7,10-12H2,1-3H3. The second kappa shape index (κ2) is 9.95. The van der Waals surface area contributed by atoms with Crippen LogP contribution in [-0.2, 0) is 6.42 Å². The molecule has 5 rings (SSSR count). The molecular weight excluding hydrogens is 462 g/mol. The van der Waals surface area contributed by atoms with E-state index in [1.807, 2.05) is 42.3 Å². The van der Waals surface area contributed by atoms with Gasteiger partial charge in [0, 0.05) is 35.2 Å². The van der Waals surface area contributed by atoms with Gasteiger partial charge < -0.3 is 14.1 Å². The summed E-state index contributed by atoms with van der Waals surface area (Å²) in [6, 6.07) is 13.5. The fraction of sp³-hybridized carbons (Fsp3) is 0.346. The predicted molar refractivity (Wildman–Crippen MR) is 133 cm³/mol. The van der Waals surface area contributed by atoms with Crippen LogP contribution in [0.1, 0.15) is 64.2 Å². The normalized spacial score (nSPS) is 16.4. The second-order valence-corrected chi connectivity index (χ2v) is 9.69. The van der Waals surface area contributed by atoms with Crippen LogP contribution in [0.25, 0.3) is 11.6 Å². The zero-order valence-electron chi connectivity index (χ0n) is 20.0. The van der Waals surface area contributed by atoms with Crippen LogP contribution in [0.5, 0.6) is 5.88 Å². The monoisotopic (exact) mass is 489 g/mol. The van der Waals surface area contributed by atoms with Crippen LogP contribution in [-0.4, -0.2) is 44.6 Å². The summed E-state index contributed by atoms with van der Waals surface area (Å²) in [6.07, 6.45) is 2.63. The van der Waals surface area contributed by atoms with Gasteiger partial charge in [-0.3, -0.25) is 4.79 Å². The van der Waals surface area contributed by atoms with Gasteiger partial charge in [0.1, 0.15) is 10.7 Å². The molecule has 0 spiro atoms. The zero-order chi connectivity index (χ0) is 24.4. The number of aryl methyl sites for hydroxylation is 1. The van der Waals surface area contributed by atoms with Gasteiger partial charge in [0.05, 0.1) is 13.2 Å². The van der Waals surface area contributed by atoms with E-state index in [-0.39, 0.29) is 23.8 Å². The molecule has 3 aromatic heterocycles. The molecule has 2 unspecified atom stereocenters. The number of hydrogen-bond donors (Lipinski definition) is 0. The van der Waals surface area contributed by atoms with Crippen LogP contribution in [0.2, 0.25) is 0 Å².